The van der Waals surface area contributed by atoms with E-state index in [1.807, 2.05) is 6.29 Å². The van der Waals surface area contributed by atoms with Gasteiger partial charge >= 0.3 is 0 Å². The number of carbonyl (C=O) groups excluding carboxylic acids is 1. The van der Waals surface area contributed by atoms with Crippen LogP contribution in [0.3, 0.4) is 0 Å². The lowest BCUT2D eigenvalue weighted by molar-refractivity contribution is 0.472. The van der Waals surface area contributed by atoms with Gasteiger partial charge in [-0.2, -0.15) is 0 Å². The largest absolute Gasteiger partial charge is 0.307 e. The zero-order valence-electron chi connectivity index (χ0n) is 5.68. The minimum absolute atomic E-state index is 0.0231. The van der Waals surface area contributed by atoms with Crippen LogP contribution in [0.25, 0.3) is 0 Å². The first-order valence-corrected chi connectivity index (χ1v) is 3.49. The summed E-state index contributed by atoms with van der Waals surface area (Å²) in [5.41, 5.74) is 0. The first-order chi connectivity index (χ1) is 4.38. The minimum Gasteiger partial charge on any atom is -0.307 e. The second kappa shape index (κ2) is 2.97. The lowest BCUT2D eigenvalue weighted by Gasteiger charge is -2.08. The summed E-state index contributed by atoms with van der Waals surface area (Å²) in [6.07, 6.45) is 4.23. The molecule has 1 saturated heterocycles. The van der Waals surface area contributed by atoms with Crippen LogP contribution in [0.15, 0.2) is 0 Å². The van der Waals surface area contributed by atoms with Crippen molar-refractivity contribution in [2.75, 3.05) is 6.54 Å². The van der Waals surface area contributed by atoms with Gasteiger partial charge in [0.15, 0.2) is 0 Å². The summed E-state index contributed by atoms with van der Waals surface area (Å²) in [6, 6.07) is 0.0231. The summed E-state index contributed by atoms with van der Waals surface area (Å²) in [6.45, 7) is 3.10. The number of hydrogen-bond acceptors (Lipinski definition) is 2. The van der Waals surface area contributed by atoms with Crippen LogP contribution in [0.2, 0.25) is 0 Å². The molecule has 2 atom stereocenters. The van der Waals surface area contributed by atoms with Crippen LogP contribution >= 0.6 is 0 Å². The van der Waals surface area contributed by atoms with Gasteiger partial charge in [-0.1, -0.05) is 13.3 Å². The van der Waals surface area contributed by atoms with Crippen molar-refractivity contribution in [3.05, 3.63) is 0 Å². The predicted octanol–water partition coefficient (Wildman–Crippen LogP) is 0.484. The van der Waals surface area contributed by atoms with Crippen molar-refractivity contribution in [1.29, 1.82) is 0 Å². The summed E-state index contributed by atoms with van der Waals surface area (Å²) in [5, 5.41) is 3.08. The molecule has 2 nitrogen and oxygen atoms in total. The smallest absolute Gasteiger partial charge is 0.217 e. The Morgan fingerprint density at radius 1 is 1.78 bits per heavy atom. The van der Waals surface area contributed by atoms with Crippen LogP contribution < -0.4 is 5.32 Å². The Labute approximate surface area is 55.6 Å². The minimum atomic E-state index is 0.0231. The van der Waals surface area contributed by atoms with E-state index in [2.05, 4.69) is 12.2 Å². The van der Waals surface area contributed by atoms with Crippen molar-refractivity contribution in [1.82, 2.24) is 5.32 Å². The van der Waals surface area contributed by atoms with E-state index in [0.717, 1.165) is 19.4 Å². The van der Waals surface area contributed by atoms with Gasteiger partial charge in [-0.3, -0.25) is 4.79 Å². The highest BCUT2D eigenvalue weighted by molar-refractivity contribution is 5.59. The summed E-state index contributed by atoms with van der Waals surface area (Å²) >= 11 is 0. The Morgan fingerprint density at radius 2 is 2.56 bits per heavy atom. The fourth-order valence-electron chi connectivity index (χ4n) is 1.34. The maximum Gasteiger partial charge on any atom is 0.217 e. The highest BCUT2D eigenvalue weighted by Gasteiger charge is 2.24. The lowest BCUT2D eigenvalue weighted by Crippen LogP contribution is -2.27. The van der Waals surface area contributed by atoms with Crippen LogP contribution in [0, 0.1) is 5.92 Å². The highest BCUT2D eigenvalue weighted by Crippen LogP contribution is 2.16. The van der Waals surface area contributed by atoms with Crippen molar-refractivity contribution >= 4 is 6.29 Å². The van der Waals surface area contributed by atoms with Crippen LogP contribution in [0.1, 0.15) is 19.8 Å². The maximum atomic E-state index is 10.2. The molecule has 0 bridgehead atoms. The molecule has 51 valence electrons. The van der Waals surface area contributed by atoms with Gasteiger partial charge in [0.05, 0.1) is 6.04 Å². The van der Waals surface area contributed by atoms with Crippen LogP contribution in [-0.2, 0) is 4.79 Å². The quantitative estimate of drug-likeness (QED) is 0.583. The highest BCUT2D eigenvalue weighted by atomic mass is 16.1. The lowest BCUT2D eigenvalue weighted by atomic mass is 9.99. The summed E-state index contributed by atoms with van der Waals surface area (Å²) in [5.74, 6) is 0.544. The molecule has 0 amide bonds. The molecule has 1 aliphatic rings. The Balaban J connectivity index is 2.41. The van der Waals surface area contributed by atoms with E-state index in [1.165, 1.54) is 0 Å². The Morgan fingerprint density at radius 3 is 3.00 bits per heavy atom. The molecule has 0 aromatic carbocycles. The van der Waals surface area contributed by atoms with Gasteiger partial charge in [-0.25, -0.2) is 0 Å². The molecule has 1 rings (SSSR count). The fraction of sp³-hybridized carbons (Fsp3) is 0.857. The molecule has 1 unspecified atom stereocenters. The second-order valence-corrected chi connectivity index (χ2v) is 2.51. The average molecular weight is 126 g/mol. The van der Waals surface area contributed by atoms with Crippen molar-refractivity contribution < 1.29 is 4.79 Å². The van der Waals surface area contributed by atoms with E-state index in [4.69, 9.17) is 0 Å². The van der Waals surface area contributed by atoms with E-state index < -0.39 is 0 Å². The zero-order valence-corrected chi connectivity index (χ0v) is 5.68. The molecule has 1 N–H and O–H groups in total. The molecular formula is C7H12NO. The van der Waals surface area contributed by atoms with Gasteiger partial charge in [-0.15, -0.1) is 0 Å². The third-order valence-corrected chi connectivity index (χ3v) is 2.00. The molecule has 0 saturated carbocycles. The Bertz CT molecular complexity index is 103. The van der Waals surface area contributed by atoms with Gasteiger partial charge in [0.1, 0.15) is 0 Å². The first-order valence-electron chi connectivity index (χ1n) is 3.49. The van der Waals surface area contributed by atoms with Crippen molar-refractivity contribution in [2.45, 2.75) is 25.8 Å². The molecule has 0 aliphatic carbocycles. The summed E-state index contributed by atoms with van der Waals surface area (Å²) in [4.78, 5) is 10.2. The van der Waals surface area contributed by atoms with E-state index >= 15 is 0 Å². The van der Waals surface area contributed by atoms with Crippen LogP contribution in [-0.4, -0.2) is 18.9 Å². The molecule has 1 radical (unpaired) electrons. The standard InChI is InChI=1S/C7H12NO/c1-2-6-3-4-8-7(6)5-9/h6-8H,2-4H2,1H3/t6?,7-/m0/s1. The molecule has 1 aliphatic heterocycles. The topological polar surface area (TPSA) is 29.1 Å². The number of rotatable bonds is 2. The SMILES string of the molecule is CCC1CCN[C@H]1[C]=O. The fourth-order valence-corrected chi connectivity index (χ4v) is 1.34. The summed E-state index contributed by atoms with van der Waals surface area (Å²) < 4.78 is 0. The van der Waals surface area contributed by atoms with E-state index in [-0.39, 0.29) is 6.04 Å². The maximum absolute atomic E-state index is 10.2. The number of hydrogen-bond donors (Lipinski definition) is 1. The second-order valence-electron chi connectivity index (χ2n) is 2.51. The molecule has 1 heterocycles. The van der Waals surface area contributed by atoms with Gasteiger partial charge in [0.2, 0.25) is 6.29 Å². The Hall–Kier alpha value is -0.370. The monoisotopic (exact) mass is 126 g/mol. The average Bonchev–Trinajstić information content (AvgIpc) is 2.33. The van der Waals surface area contributed by atoms with E-state index in [0.29, 0.717) is 5.92 Å². The van der Waals surface area contributed by atoms with Gasteiger partial charge < -0.3 is 5.32 Å². The van der Waals surface area contributed by atoms with Gasteiger partial charge in [0, 0.05) is 0 Å². The van der Waals surface area contributed by atoms with Crippen molar-refractivity contribution in [3.63, 3.8) is 0 Å². The third-order valence-electron chi connectivity index (χ3n) is 2.00. The van der Waals surface area contributed by atoms with E-state index in [1.54, 1.807) is 0 Å². The third kappa shape index (κ3) is 1.30. The molecule has 1 fully saturated rings. The van der Waals surface area contributed by atoms with Crippen molar-refractivity contribution in [2.24, 2.45) is 5.92 Å². The zero-order chi connectivity index (χ0) is 6.69. The van der Waals surface area contributed by atoms with Gasteiger partial charge in [0.25, 0.3) is 0 Å². The molecule has 9 heavy (non-hydrogen) atoms. The Kier molecular flexibility index (Phi) is 2.22. The molecule has 0 aromatic rings. The molecule has 0 aromatic heterocycles. The molecule has 2 heteroatoms. The predicted molar refractivity (Wildman–Crippen MR) is 35.9 cm³/mol. The van der Waals surface area contributed by atoms with E-state index in [9.17, 15) is 4.79 Å². The van der Waals surface area contributed by atoms with Gasteiger partial charge in [-0.05, 0) is 18.9 Å². The van der Waals surface area contributed by atoms with Crippen molar-refractivity contribution in [3.8, 4) is 0 Å². The first kappa shape index (κ1) is 6.75. The number of nitrogens with one attached hydrogen (secondary N) is 1. The van der Waals surface area contributed by atoms with Crippen LogP contribution in [0.5, 0.6) is 0 Å². The van der Waals surface area contributed by atoms with Crippen LogP contribution in [0.4, 0.5) is 0 Å². The molecule has 0 spiro atoms. The summed E-state index contributed by atoms with van der Waals surface area (Å²) in [7, 11) is 0. The normalized spacial score (nSPS) is 34.8. The molecular weight excluding hydrogens is 114 g/mol.